The number of hydrogen-bond donors (Lipinski definition) is 2. The van der Waals surface area contributed by atoms with E-state index in [2.05, 4.69) is 5.32 Å². The molecule has 0 heterocycles. The van der Waals surface area contributed by atoms with Gasteiger partial charge in [0.05, 0.1) is 6.42 Å². The molecule has 2 aromatic carbocycles. The van der Waals surface area contributed by atoms with Crippen molar-refractivity contribution in [3.05, 3.63) is 65.2 Å². The molecule has 0 fully saturated rings. The SMILES string of the molecule is Cc1ccc(CC(=O)Nc2cccc(CN)c2)cc1. The second-order valence-electron chi connectivity index (χ2n) is 4.62. The van der Waals surface area contributed by atoms with Crippen LogP contribution >= 0.6 is 0 Å². The van der Waals surface area contributed by atoms with Crippen molar-refractivity contribution in [1.29, 1.82) is 0 Å². The first kappa shape index (κ1) is 13.3. The predicted octanol–water partition coefficient (Wildman–Crippen LogP) is 2.63. The van der Waals surface area contributed by atoms with E-state index in [4.69, 9.17) is 5.73 Å². The lowest BCUT2D eigenvalue weighted by Gasteiger charge is -2.07. The summed E-state index contributed by atoms with van der Waals surface area (Å²) in [6.07, 6.45) is 0.382. The highest BCUT2D eigenvalue weighted by Gasteiger charge is 2.04. The van der Waals surface area contributed by atoms with E-state index in [1.165, 1.54) is 5.56 Å². The van der Waals surface area contributed by atoms with Gasteiger partial charge in [-0.05, 0) is 30.2 Å². The number of carbonyl (C=O) groups excluding carboxylic acids is 1. The Bertz CT molecular complexity index is 561. The van der Waals surface area contributed by atoms with Crippen LogP contribution in [-0.2, 0) is 17.8 Å². The third-order valence-electron chi connectivity index (χ3n) is 2.93. The molecule has 0 aliphatic carbocycles. The van der Waals surface area contributed by atoms with Gasteiger partial charge in [-0.1, -0.05) is 42.0 Å². The van der Waals surface area contributed by atoms with Gasteiger partial charge in [-0.15, -0.1) is 0 Å². The van der Waals surface area contributed by atoms with Crippen LogP contribution < -0.4 is 11.1 Å². The molecule has 3 heteroatoms. The summed E-state index contributed by atoms with van der Waals surface area (Å²) in [7, 11) is 0. The van der Waals surface area contributed by atoms with Gasteiger partial charge in [0.25, 0.3) is 0 Å². The summed E-state index contributed by atoms with van der Waals surface area (Å²) in [6.45, 7) is 2.50. The van der Waals surface area contributed by atoms with Gasteiger partial charge in [0.15, 0.2) is 0 Å². The van der Waals surface area contributed by atoms with Crippen molar-refractivity contribution in [2.45, 2.75) is 19.9 Å². The standard InChI is InChI=1S/C16H18N2O/c1-12-5-7-13(8-6-12)10-16(19)18-15-4-2-3-14(9-15)11-17/h2-9H,10-11,17H2,1H3,(H,18,19). The summed E-state index contributed by atoms with van der Waals surface area (Å²) in [5.41, 5.74) is 9.58. The molecule has 0 aromatic heterocycles. The fourth-order valence-corrected chi connectivity index (χ4v) is 1.87. The molecule has 0 aliphatic heterocycles. The van der Waals surface area contributed by atoms with Crippen molar-refractivity contribution in [3.8, 4) is 0 Å². The van der Waals surface area contributed by atoms with Crippen LogP contribution in [0.15, 0.2) is 48.5 Å². The van der Waals surface area contributed by atoms with Crippen molar-refractivity contribution in [3.63, 3.8) is 0 Å². The number of benzene rings is 2. The Morgan fingerprint density at radius 2 is 1.84 bits per heavy atom. The highest BCUT2D eigenvalue weighted by atomic mass is 16.1. The zero-order valence-corrected chi connectivity index (χ0v) is 11.0. The van der Waals surface area contributed by atoms with Crippen LogP contribution in [0.2, 0.25) is 0 Å². The fraction of sp³-hybridized carbons (Fsp3) is 0.188. The predicted molar refractivity (Wildman–Crippen MR) is 77.8 cm³/mol. The van der Waals surface area contributed by atoms with Gasteiger partial charge in [-0.25, -0.2) is 0 Å². The molecular formula is C16H18N2O. The third-order valence-corrected chi connectivity index (χ3v) is 2.93. The van der Waals surface area contributed by atoms with E-state index >= 15 is 0 Å². The van der Waals surface area contributed by atoms with Crippen molar-refractivity contribution < 1.29 is 4.79 Å². The summed E-state index contributed by atoms with van der Waals surface area (Å²) in [5.74, 6) is -0.0157. The number of nitrogens with one attached hydrogen (secondary N) is 1. The van der Waals surface area contributed by atoms with Crippen LogP contribution in [0.25, 0.3) is 0 Å². The smallest absolute Gasteiger partial charge is 0.228 e. The topological polar surface area (TPSA) is 55.1 Å². The van der Waals surface area contributed by atoms with Crippen LogP contribution in [0.4, 0.5) is 5.69 Å². The Morgan fingerprint density at radius 1 is 1.11 bits per heavy atom. The van der Waals surface area contributed by atoms with Crippen LogP contribution in [-0.4, -0.2) is 5.91 Å². The average Bonchev–Trinajstić information content (AvgIpc) is 2.41. The average molecular weight is 254 g/mol. The molecule has 2 rings (SSSR count). The van der Waals surface area contributed by atoms with Gasteiger partial charge in [-0.2, -0.15) is 0 Å². The summed E-state index contributed by atoms with van der Waals surface area (Å²) in [5, 5.41) is 2.89. The monoisotopic (exact) mass is 254 g/mol. The number of anilines is 1. The van der Waals surface area contributed by atoms with Gasteiger partial charge in [0.2, 0.25) is 5.91 Å². The summed E-state index contributed by atoms with van der Waals surface area (Å²) >= 11 is 0. The molecule has 3 N–H and O–H groups in total. The molecule has 98 valence electrons. The van der Waals surface area contributed by atoms with E-state index in [1.54, 1.807) is 0 Å². The first-order chi connectivity index (χ1) is 9.17. The van der Waals surface area contributed by atoms with Crippen LogP contribution in [0.5, 0.6) is 0 Å². The quantitative estimate of drug-likeness (QED) is 0.881. The zero-order chi connectivity index (χ0) is 13.7. The summed E-state index contributed by atoms with van der Waals surface area (Å²) < 4.78 is 0. The highest BCUT2D eigenvalue weighted by Crippen LogP contribution is 2.11. The Morgan fingerprint density at radius 3 is 2.53 bits per heavy atom. The van der Waals surface area contributed by atoms with E-state index < -0.39 is 0 Å². The third kappa shape index (κ3) is 3.93. The van der Waals surface area contributed by atoms with Crippen molar-refractivity contribution in [1.82, 2.24) is 0 Å². The lowest BCUT2D eigenvalue weighted by Crippen LogP contribution is -2.14. The van der Waals surface area contributed by atoms with E-state index in [1.807, 2.05) is 55.5 Å². The lowest BCUT2D eigenvalue weighted by atomic mass is 10.1. The lowest BCUT2D eigenvalue weighted by molar-refractivity contribution is -0.115. The normalized spacial score (nSPS) is 10.2. The largest absolute Gasteiger partial charge is 0.326 e. The second kappa shape index (κ2) is 6.16. The number of hydrogen-bond acceptors (Lipinski definition) is 2. The Hall–Kier alpha value is -2.13. The van der Waals surface area contributed by atoms with E-state index in [0.717, 1.165) is 16.8 Å². The number of aryl methyl sites for hydroxylation is 1. The second-order valence-corrected chi connectivity index (χ2v) is 4.62. The number of nitrogens with two attached hydrogens (primary N) is 1. The highest BCUT2D eigenvalue weighted by molar-refractivity contribution is 5.92. The molecule has 0 bridgehead atoms. The molecule has 0 saturated heterocycles. The van der Waals surface area contributed by atoms with Crippen LogP contribution in [0, 0.1) is 6.92 Å². The first-order valence-electron chi connectivity index (χ1n) is 6.32. The minimum Gasteiger partial charge on any atom is -0.326 e. The molecule has 0 spiro atoms. The maximum atomic E-state index is 11.9. The van der Waals surface area contributed by atoms with Gasteiger partial charge >= 0.3 is 0 Å². The van der Waals surface area contributed by atoms with Crippen molar-refractivity contribution in [2.24, 2.45) is 5.73 Å². The maximum Gasteiger partial charge on any atom is 0.228 e. The molecular weight excluding hydrogens is 236 g/mol. The van der Waals surface area contributed by atoms with Crippen LogP contribution in [0.3, 0.4) is 0 Å². The Labute approximate surface area is 113 Å². The zero-order valence-electron chi connectivity index (χ0n) is 11.0. The molecule has 2 aromatic rings. The molecule has 19 heavy (non-hydrogen) atoms. The van der Waals surface area contributed by atoms with E-state index in [-0.39, 0.29) is 5.91 Å². The van der Waals surface area contributed by atoms with E-state index in [9.17, 15) is 4.79 Å². The molecule has 0 aliphatic rings. The van der Waals surface area contributed by atoms with Gasteiger partial charge in [0.1, 0.15) is 0 Å². The molecule has 0 atom stereocenters. The first-order valence-corrected chi connectivity index (χ1v) is 6.32. The minimum atomic E-state index is -0.0157. The van der Waals surface area contributed by atoms with Gasteiger partial charge in [0, 0.05) is 12.2 Å². The van der Waals surface area contributed by atoms with E-state index in [0.29, 0.717) is 13.0 Å². The summed E-state index contributed by atoms with van der Waals surface area (Å²) in [6, 6.07) is 15.6. The number of amides is 1. The van der Waals surface area contributed by atoms with Crippen LogP contribution in [0.1, 0.15) is 16.7 Å². The molecule has 0 radical (unpaired) electrons. The fourth-order valence-electron chi connectivity index (χ4n) is 1.87. The number of carbonyl (C=O) groups is 1. The van der Waals surface area contributed by atoms with Gasteiger partial charge < -0.3 is 11.1 Å². The van der Waals surface area contributed by atoms with Crippen molar-refractivity contribution in [2.75, 3.05) is 5.32 Å². The number of rotatable bonds is 4. The van der Waals surface area contributed by atoms with Crippen molar-refractivity contribution >= 4 is 11.6 Å². The maximum absolute atomic E-state index is 11.9. The Kier molecular flexibility index (Phi) is 4.31. The molecule has 0 unspecified atom stereocenters. The summed E-state index contributed by atoms with van der Waals surface area (Å²) in [4.78, 5) is 11.9. The minimum absolute atomic E-state index is 0.0157. The molecule has 1 amide bonds. The molecule has 0 saturated carbocycles. The Balaban J connectivity index is 1.99. The molecule has 3 nitrogen and oxygen atoms in total. The van der Waals surface area contributed by atoms with Gasteiger partial charge in [-0.3, -0.25) is 4.79 Å².